The highest BCUT2D eigenvalue weighted by molar-refractivity contribution is 6.25. The number of carbonyl (C=O) groups is 3. The standard InChI is InChI=1S/C26H25F2NO4/c1-14-15(2)25(32)23(16(3)24(14)31)18(17-10-11-20(27)21(28)13-17)8-6-12-29-26(33)19-7-4-5-9-22(19)30/h4-5,7,9-11,13,18,30H,6,8,12H2,1-3H3,(H,29,33). The summed E-state index contributed by atoms with van der Waals surface area (Å²) in [6.07, 6.45) is 0.702. The molecule has 1 atom stereocenters. The van der Waals surface area contributed by atoms with Crippen molar-refractivity contribution in [2.75, 3.05) is 6.54 Å². The fraction of sp³-hybridized carbons (Fsp3) is 0.269. The normalized spacial score (nSPS) is 15.2. The second kappa shape index (κ2) is 9.90. The van der Waals surface area contributed by atoms with E-state index in [0.29, 0.717) is 29.6 Å². The van der Waals surface area contributed by atoms with E-state index in [-0.39, 0.29) is 40.6 Å². The molecular formula is C26H25F2NO4. The maximum absolute atomic E-state index is 14.0. The number of phenols is 1. The fourth-order valence-corrected chi connectivity index (χ4v) is 4.01. The lowest BCUT2D eigenvalue weighted by atomic mass is 9.76. The number of Topliss-reactive ketones (excluding diaryl/α,β-unsaturated/α-hetero) is 2. The molecular weight excluding hydrogens is 428 g/mol. The molecule has 2 aromatic carbocycles. The molecule has 0 fully saturated rings. The Morgan fingerprint density at radius 1 is 0.939 bits per heavy atom. The van der Waals surface area contributed by atoms with Crippen LogP contribution in [0, 0.1) is 11.6 Å². The summed E-state index contributed by atoms with van der Waals surface area (Å²) in [6, 6.07) is 9.58. The Labute approximate surface area is 190 Å². The van der Waals surface area contributed by atoms with Crippen LogP contribution in [0.3, 0.4) is 0 Å². The van der Waals surface area contributed by atoms with Crippen LogP contribution in [0.15, 0.2) is 64.8 Å². The van der Waals surface area contributed by atoms with Crippen molar-refractivity contribution in [3.8, 4) is 5.75 Å². The summed E-state index contributed by atoms with van der Waals surface area (Å²) in [5.41, 5.74) is 1.78. The van der Waals surface area contributed by atoms with Crippen LogP contribution in [0.5, 0.6) is 5.75 Å². The Kier molecular flexibility index (Phi) is 7.21. The first kappa shape index (κ1) is 24.0. The van der Waals surface area contributed by atoms with Crippen molar-refractivity contribution >= 4 is 17.5 Å². The third-order valence-corrected chi connectivity index (χ3v) is 6.03. The molecule has 2 aromatic rings. The number of aromatic hydroxyl groups is 1. The summed E-state index contributed by atoms with van der Waals surface area (Å²) in [4.78, 5) is 38.1. The van der Waals surface area contributed by atoms with Gasteiger partial charge in [0.2, 0.25) is 0 Å². The molecule has 0 aliphatic heterocycles. The molecule has 1 amide bonds. The number of hydrogen-bond donors (Lipinski definition) is 2. The second-order valence-electron chi connectivity index (χ2n) is 8.09. The zero-order valence-electron chi connectivity index (χ0n) is 18.7. The molecule has 3 rings (SSSR count). The number of carbonyl (C=O) groups excluding carboxylic acids is 3. The minimum atomic E-state index is -1.04. The monoisotopic (exact) mass is 453 g/mol. The van der Waals surface area contributed by atoms with Gasteiger partial charge in [-0.2, -0.15) is 0 Å². The van der Waals surface area contributed by atoms with Crippen LogP contribution in [0.1, 0.15) is 55.5 Å². The van der Waals surface area contributed by atoms with Gasteiger partial charge in [-0.25, -0.2) is 8.78 Å². The predicted molar refractivity (Wildman–Crippen MR) is 120 cm³/mol. The number of allylic oxidation sites excluding steroid dienone is 4. The molecule has 0 aromatic heterocycles. The molecule has 2 N–H and O–H groups in total. The van der Waals surface area contributed by atoms with Gasteiger partial charge in [0.1, 0.15) is 5.75 Å². The van der Waals surface area contributed by atoms with Gasteiger partial charge in [-0.05, 0) is 63.4 Å². The first-order valence-electron chi connectivity index (χ1n) is 10.6. The summed E-state index contributed by atoms with van der Waals surface area (Å²) < 4.78 is 27.5. The molecule has 5 nitrogen and oxygen atoms in total. The zero-order chi connectivity index (χ0) is 24.3. The third kappa shape index (κ3) is 4.92. The zero-order valence-corrected chi connectivity index (χ0v) is 18.7. The first-order valence-corrected chi connectivity index (χ1v) is 10.6. The molecule has 7 heteroatoms. The Hall–Kier alpha value is -3.61. The van der Waals surface area contributed by atoms with E-state index in [2.05, 4.69) is 5.32 Å². The number of phenolic OH excluding ortho intramolecular Hbond substituents is 1. The van der Waals surface area contributed by atoms with Gasteiger partial charge in [-0.1, -0.05) is 18.2 Å². The van der Waals surface area contributed by atoms with Gasteiger partial charge in [0, 0.05) is 34.8 Å². The molecule has 1 unspecified atom stereocenters. The molecule has 172 valence electrons. The SMILES string of the molecule is CC1=C(C)C(=O)C(C(CCCNC(=O)c2ccccc2O)c2ccc(F)c(F)c2)=C(C)C1=O. The van der Waals surface area contributed by atoms with Crippen LogP contribution in [0.4, 0.5) is 8.78 Å². The van der Waals surface area contributed by atoms with E-state index in [0.717, 1.165) is 12.1 Å². The van der Waals surface area contributed by atoms with Crippen LogP contribution < -0.4 is 5.32 Å². The van der Waals surface area contributed by atoms with E-state index >= 15 is 0 Å². The van der Waals surface area contributed by atoms with Crippen molar-refractivity contribution < 1.29 is 28.3 Å². The van der Waals surface area contributed by atoms with E-state index in [1.807, 2.05) is 0 Å². The third-order valence-electron chi connectivity index (χ3n) is 6.03. The lowest BCUT2D eigenvalue weighted by Crippen LogP contribution is -2.27. The second-order valence-corrected chi connectivity index (χ2v) is 8.09. The van der Waals surface area contributed by atoms with Gasteiger partial charge in [-0.3, -0.25) is 14.4 Å². The number of nitrogens with one attached hydrogen (secondary N) is 1. The summed E-state index contributed by atoms with van der Waals surface area (Å²) in [5, 5.41) is 12.5. The highest BCUT2D eigenvalue weighted by Crippen LogP contribution is 2.37. The summed E-state index contributed by atoms with van der Waals surface area (Å²) in [6.45, 7) is 4.96. The molecule has 0 spiro atoms. The van der Waals surface area contributed by atoms with Gasteiger partial charge in [0.15, 0.2) is 23.2 Å². The lowest BCUT2D eigenvalue weighted by molar-refractivity contribution is -0.116. The van der Waals surface area contributed by atoms with E-state index in [4.69, 9.17) is 0 Å². The molecule has 33 heavy (non-hydrogen) atoms. The highest BCUT2D eigenvalue weighted by Gasteiger charge is 2.33. The van der Waals surface area contributed by atoms with Crippen LogP contribution in [0.25, 0.3) is 0 Å². The summed E-state index contributed by atoms with van der Waals surface area (Å²) in [5.74, 6) is -3.83. The number of para-hydroxylation sites is 1. The van der Waals surface area contributed by atoms with Gasteiger partial charge < -0.3 is 10.4 Å². The smallest absolute Gasteiger partial charge is 0.255 e. The van der Waals surface area contributed by atoms with Crippen molar-refractivity contribution in [2.24, 2.45) is 0 Å². The average molecular weight is 453 g/mol. The van der Waals surface area contributed by atoms with Crippen LogP contribution in [-0.2, 0) is 9.59 Å². The number of amides is 1. The van der Waals surface area contributed by atoms with E-state index in [1.165, 1.54) is 18.2 Å². The fourth-order valence-electron chi connectivity index (χ4n) is 4.01. The largest absolute Gasteiger partial charge is 0.507 e. The topological polar surface area (TPSA) is 83.5 Å². The van der Waals surface area contributed by atoms with Crippen molar-refractivity contribution in [3.05, 3.63) is 87.5 Å². The van der Waals surface area contributed by atoms with Gasteiger partial charge in [0.05, 0.1) is 5.56 Å². The number of rotatable bonds is 7. The van der Waals surface area contributed by atoms with E-state index < -0.39 is 23.5 Å². The van der Waals surface area contributed by atoms with Crippen molar-refractivity contribution in [3.63, 3.8) is 0 Å². The summed E-state index contributed by atoms with van der Waals surface area (Å²) >= 11 is 0. The number of benzene rings is 2. The van der Waals surface area contributed by atoms with Gasteiger partial charge in [-0.15, -0.1) is 0 Å². The maximum atomic E-state index is 14.0. The van der Waals surface area contributed by atoms with Crippen LogP contribution in [0.2, 0.25) is 0 Å². The van der Waals surface area contributed by atoms with Crippen molar-refractivity contribution in [2.45, 2.75) is 39.5 Å². The van der Waals surface area contributed by atoms with E-state index in [9.17, 15) is 28.3 Å². The Morgan fingerprint density at radius 3 is 2.27 bits per heavy atom. The Bertz CT molecular complexity index is 1200. The number of ketones is 2. The highest BCUT2D eigenvalue weighted by atomic mass is 19.2. The molecule has 0 saturated carbocycles. The van der Waals surface area contributed by atoms with E-state index in [1.54, 1.807) is 32.9 Å². The number of hydrogen-bond acceptors (Lipinski definition) is 4. The van der Waals surface area contributed by atoms with Crippen molar-refractivity contribution in [1.82, 2.24) is 5.32 Å². The lowest BCUT2D eigenvalue weighted by Gasteiger charge is -2.26. The average Bonchev–Trinajstić information content (AvgIpc) is 2.80. The maximum Gasteiger partial charge on any atom is 0.255 e. The predicted octanol–water partition coefficient (Wildman–Crippen LogP) is 4.77. The Morgan fingerprint density at radius 2 is 1.61 bits per heavy atom. The van der Waals surface area contributed by atoms with Crippen LogP contribution >= 0.6 is 0 Å². The molecule has 0 radical (unpaired) electrons. The molecule has 1 aliphatic rings. The summed E-state index contributed by atoms with van der Waals surface area (Å²) in [7, 11) is 0. The molecule has 1 aliphatic carbocycles. The van der Waals surface area contributed by atoms with Crippen LogP contribution in [-0.4, -0.2) is 29.1 Å². The van der Waals surface area contributed by atoms with Gasteiger partial charge >= 0.3 is 0 Å². The van der Waals surface area contributed by atoms with Gasteiger partial charge in [0.25, 0.3) is 5.91 Å². The molecule has 0 saturated heterocycles. The minimum absolute atomic E-state index is 0.137. The quantitative estimate of drug-likeness (QED) is 0.467. The minimum Gasteiger partial charge on any atom is -0.507 e. The molecule has 0 heterocycles. The number of halogens is 2. The first-order chi connectivity index (χ1) is 15.6. The van der Waals surface area contributed by atoms with Crippen molar-refractivity contribution in [1.29, 1.82) is 0 Å². The molecule has 0 bridgehead atoms. The Balaban J connectivity index is 1.84.